The zero-order chi connectivity index (χ0) is 41.4. The molecular weight excluding hydrogens is 725 g/mol. The van der Waals surface area contributed by atoms with E-state index in [9.17, 15) is 19.0 Å². The van der Waals surface area contributed by atoms with Gasteiger partial charge in [-0.25, -0.2) is 4.57 Å². The molecule has 0 rings (SSSR count). The molecule has 0 aromatic carbocycles. The van der Waals surface area contributed by atoms with Gasteiger partial charge in [-0.15, -0.1) is 0 Å². The lowest BCUT2D eigenvalue weighted by Crippen LogP contribution is -2.37. The molecule has 0 fully saturated rings. The van der Waals surface area contributed by atoms with Crippen molar-refractivity contribution in [2.24, 2.45) is 0 Å². The van der Waals surface area contributed by atoms with Gasteiger partial charge in [0.1, 0.15) is 19.8 Å². The van der Waals surface area contributed by atoms with Crippen LogP contribution in [0.4, 0.5) is 0 Å². The normalized spacial score (nSPS) is 13.8. The number of esters is 2. The van der Waals surface area contributed by atoms with Crippen LogP contribution >= 0.6 is 7.82 Å². The first-order chi connectivity index (χ1) is 27.0. The average molecular weight is 815 g/mol. The Morgan fingerprint density at radius 2 is 0.911 bits per heavy atom. The number of allylic oxidation sites excluding steroid dienone is 4. The summed E-state index contributed by atoms with van der Waals surface area (Å²) in [6.07, 6.45) is 42.2. The molecular formula is C46H89NO8P+. The molecule has 0 aliphatic carbocycles. The molecule has 0 aliphatic rings. The van der Waals surface area contributed by atoms with E-state index in [1.807, 2.05) is 21.1 Å². The Labute approximate surface area is 345 Å². The van der Waals surface area contributed by atoms with Crippen molar-refractivity contribution in [2.45, 2.75) is 213 Å². The standard InChI is InChI=1S/C46H88NO8P/c1-6-8-10-12-14-16-18-20-21-22-23-24-25-27-29-31-33-35-37-39-46(49)55-44(43-54-56(50,51)53-41-40-47(3,4)5)42-52-45(48)38-36-34-32-30-28-26-19-17-15-13-11-9-7-2/h17,19-21,44H,6-16,18,22-43H2,1-5H3/p+1/b19-17-,21-20-/t44-/m1/s1. The summed E-state index contributed by atoms with van der Waals surface area (Å²) in [6, 6.07) is 0. The Kier molecular flexibility index (Phi) is 37.9. The van der Waals surface area contributed by atoms with Crippen LogP contribution in [-0.4, -0.2) is 74.9 Å². The van der Waals surface area contributed by atoms with E-state index in [0.29, 0.717) is 17.4 Å². The fraction of sp³-hybridized carbons (Fsp3) is 0.870. The van der Waals surface area contributed by atoms with E-state index in [0.717, 1.165) is 57.8 Å². The molecule has 330 valence electrons. The lowest BCUT2D eigenvalue weighted by atomic mass is 10.1. The van der Waals surface area contributed by atoms with Crippen LogP contribution < -0.4 is 0 Å². The van der Waals surface area contributed by atoms with E-state index < -0.39 is 26.5 Å². The summed E-state index contributed by atoms with van der Waals surface area (Å²) in [4.78, 5) is 35.4. The first-order valence-corrected chi connectivity index (χ1v) is 24.6. The van der Waals surface area contributed by atoms with E-state index >= 15 is 0 Å². The summed E-state index contributed by atoms with van der Waals surface area (Å²) >= 11 is 0. The van der Waals surface area contributed by atoms with Crippen molar-refractivity contribution in [1.82, 2.24) is 0 Å². The van der Waals surface area contributed by atoms with Crippen molar-refractivity contribution in [1.29, 1.82) is 0 Å². The van der Waals surface area contributed by atoms with Crippen LogP contribution in [0.3, 0.4) is 0 Å². The van der Waals surface area contributed by atoms with Crippen molar-refractivity contribution in [2.75, 3.05) is 47.5 Å². The SMILES string of the molecule is CCCCCC/C=C\CCCCCCCC(=O)OC[C@H](COP(=O)(O)OCC[N+](C)(C)C)OC(=O)CCCCCCCCCCC/C=C\CCCCCCCC. The number of phosphoric ester groups is 1. The van der Waals surface area contributed by atoms with Crippen molar-refractivity contribution < 1.29 is 42.1 Å². The van der Waals surface area contributed by atoms with Crippen molar-refractivity contribution in [3.8, 4) is 0 Å². The maximum atomic E-state index is 12.7. The van der Waals surface area contributed by atoms with Gasteiger partial charge >= 0.3 is 19.8 Å². The smallest absolute Gasteiger partial charge is 0.462 e. The summed E-state index contributed by atoms with van der Waals surface area (Å²) in [5.74, 6) is -0.806. The highest BCUT2D eigenvalue weighted by Gasteiger charge is 2.27. The maximum absolute atomic E-state index is 12.7. The minimum Gasteiger partial charge on any atom is -0.462 e. The molecule has 2 atom stereocenters. The Morgan fingerprint density at radius 1 is 0.536 bits per heavy atom. The quantitative estimate of drug-likeness (QED) is 0.0213. The third kappa shape index (κ3) is 42.1. The molecule has 0 aromatic rings. The van der Waals surface area contributed by atoms with Crippen molar-refractivity contribution in [3.63, 3.8) is 0 Å². The number of hydrogen-bond donors (Lipinski definition) is 1. The molecule has 0 amide bonds. The van der Waals surface area contributed by atoms with Gasteiger partial charge in [-0.3, -0.25) is 18.6 Å². The Balaban J connectivity index is 4.31. The van der Waals surface area contributed by atoms with Crippen LogP contribution in [0.25, 0.3) is 0 Å². The van der Waals surface area contributed by atoms with Crippen LogP contribution in [0.2, 0.25) is 0 Å². The van der Waals surface area contributed by atoms with E-state index in [1.54, 1.807) is 0 Å². The Morgan fingerprint density at radius 3 is 1.34 bits per heavy atom. The van der Waals surface area contributed by atoms with Gasteiger partial charge in [0.05, 0.1) is 27.7 Å². The Bertz CT molecular complexity index is 1010. The van der Waals surface area contributed by atoms with Gasteiger partial charge < -0.3 is 18.9 Å². The average Bonchev–Trinajstić information content (AvgIpc) is 3.15. The number of rotatable bonds is 42. The summed E-state index contributed by atoms with van der Waals surface area (Å²) in [7, 11) is 1.47. The predicted molar refractivity (Wildman–Crippen MR) is 234 cm³/mol. The molecule has 0 aromatic heterocycles. The number of carbonyl (C=O) groups is 2. The summed E-state index contributed by atoms with van der Waals surface area (Å²) < 4.78 is 34.3. The maximum Gasteiger partial charge on any atom is 0.472 e. The first-order valence-electron chi connectivity index (χ1n) is 23.1. The highest BCUT2D eigenvalue weighted by atomic mass is 31.2. The minimum atomic E-state index is -4.37. The molecule has 1 N–H and O–H groups in total. The summed E-state index contributed by atoms with van der Waals surface area (Å²) in [6.45, 7) is 4.41. The molecule has 0 spiro atoms. The van der Waals surface area contributed by atoms with Crippen LogP contribution in [0.15, 0.2) is 24.3 Å². The van der Waals surface area contributed by atoms with Crippen LogP contribution in [0.1, 0.15) is 206 Å². The summed E-state index contributed by atoms with van der Waals surface area (Å²) in [5.41, 5.74) is 0. The topological polar surface area (TPSA) is 108 Å². The fourth-order valence-electron chi connectivity index (χ4n) is 6.30. The van der Waals surface area contributed by atoms with Gasteiger partial charge in [-0.05, 0) is 64.2 Å². The second-order valence-electron chi connectivity index (χ2n) is 16.8. The second kappa shape index (κ2) is 39.0. The minimum absolute atomic E-state index is 0.0313. The largest absolute Gasteiger partial charge is 0.472 e. The van der Waals surface area contributed by atoms with Crippen LogP contribution in [0, 0.1) is 0 Å². The molecule has 0 radical (unpaired) electrons. The Hall–Kier alpha value is -1.51. The zero-order valence-electron chi connectivity index (χ0n) is 37.1. The third-order valence-electron chi connectivity index (χ3n) is 9.95. The molecule has 0 bridgehead atoms. The second-order valence-corrected chi connectivity index (χ2v) is 18.2. The highest BCUT2D eigenvalue weighted by Crippen LogP contribution is 2.43. The van der Waals surface area contributed by atoms with Gasteiger partial charge in [-0.2, -0.15) is 0 Å². The number of unbranched alkanes of at least 4 members (excludes halogenated alkanes) is 24. The molecule has 0 heterocycles. The first kappa shape index (κ1) is 54.5. The number of phosphoric acid groups is 1. The van der Waals surface area contributed by atoms with E-state index in [1.165, 1.54) is 116 Å². The predicted octanol–water partition coefficient (Wildman–Crippen LogP) is 13.1. The van der Waals surface area contributed by atoms with Gasteiger partial charge in [-0.1, -0.05) is 154 Å². The van der Waals surface area contributed by atoms with Gasteiger partial charge in [0.15, 0.2) is 6.10 Å². The number of nitrogens with zero attached hydrogens (tertiary/aromatic N) is 1. The molecule has 56 heavy (non-hydrogen) atoms. The van der Waals surface area contributed by atoms with Crippen LogP contribution in [-0.2, 0) is 32.7 Å². The summed E-state index contributed by atoms with van der Waals surface area (Å²) in [5, 5.41) is 0. The van der Waals surface area contributed by atoms with E-state index in [2.05, 4.69) is 38.2 Å². The monoisotopic (exact) mass is 815 g/mol. The van der Waals surface area contributed by atoms with Crippen LogP contribution in [0.5, 0.6) is 0 Å². The van der Waals surface area contributed by atoms with E-state index in [4.69, 9.17) is 18.5 Å². The lowest BCUT2D eigenvalue weighted by Gasteiger charge is -2.24. The molecule has 0 saturated carbocycles. The fourth-order valence-corrected chi connectivity index (χ4v) is 7.04. The highest BCUT2D eigenvalue weighted by molar-refractivity contribution is 7.47. The number of ether oxygens (including phenoxy) is 2. The lowest BCUT2D eigenvalue weighted by molar-refractivity contribution is -0.870. The number of likely N-dealkylation sites (N-methyl/N-ethyl adjacent to an activating group) is 1. The molecule has 0 saturated heterocycles. The molecule has 0 aliphatic heterocycles. The number of quaternary nitrogens is 1. The van der Waals surface area contributed by atoms with Gasteiger partial charge in [0.2, 0.25) is 0 Å². The van der Waals surface area contributed by atoms with Gasteiger partial charge in [0.25, 0.3) is 0 Å². The molecule has 9 nitrogen and oxygen atoms in total. The third-order valence-corrected chi connectivity index (χ3v) is 10.9. The van der Waals surface area contributed by atoms with E-state index in [-0.39, 0.29) is 32.0 Å². The molecule has 1 unspecified atom stereocenters. The molecule has 10 heteroatoms. The number of hydrogen-bond acceptors (Lipinski definition) is 7. The van der Waals surface area contributed by atoms with Gasteiger partial charge in [0, 0.05) is 12.8 Å². The van der Waals surface area contributed by atoms with Crippen molar-refractivity contribution in [3.05, 3.63) is 24.3 Å². The zero-order valence-corrected chi connectivity index (χ0v) is 38.0. The number of carbonyl (C=O) groups excluding carboxylic acids is 2. The van der Waals surface area contributed by atoms with Crippen molar-refractivity contribution >= 4 is 19.8 Å².